The predicted octanol–water partition coefficient (Wildman–Crippen LogP) is 8.29. The van der Waals surface area contributed by atoms with Crippen LogP contribution in [0, 0.1) is 0 Å². The Balaban J connectivity index is 1.27. The Morgan fingerprint density at radius 3 is 2.62 bits per heavy atom. The van der Waals surface area contributed by atoms with Gasteiger partial charge in [0.15, 0.2) is 5.76 Å². The predicted molar refractivity (Wildman–Crippen MR) is 160 cm³/mol. The van der Waals surface area contributed by atoms with Gasteiger partial charge >= 0.3 is 0 Å². The highest BCUT2D eigenvalue weighted by atomic mass is 16.5. The zero-order valence-electron chi connectivity index (χ0n) is 23.1. The van der Waals surface area contributed by atoms with Gasteiger partial charge in [0.2, 0.25) is 5.78 Å². The van der Waals surface area contributed by atoms with Crippen LogP contribution in [-0.2, 0) is 0 Å². The average molecular weight is 534 g/mol. The molecule has 40 heavy (non-hydrogen) atoms. The van der Waals surface area contributed by atoms with E-state index in [1.165, 1.54) is 32.4 Å². The number of furan rings is 1. The number of allylic oxidation sites excluding steroid dienone is 2. The Labute approximate surface area is 235 Å². The molecule has 3 heterocycles. The Kier molecular flexibility index (Phi) is 7.56. The fraction of sp³-hybridized carbons (Fsp3) is 0.286. The van der Waals surface area contributed by atoms with Gasteiger partial charge in [0.05, 0.1) is 12.0 Å². The van der Waals surface area contributed by atoms with Gasteiger partial charge in [-0.3, -0.25) is 4.79 Å². The van der Waals surface area contributed by atoms with E-state index in [0.29, 0.717) is 35.0 Å². The van der Waals surface area contributed by atoms with E-state index in [1.54, 1.807) is 0 Å². The summed E-state index contributed by atoms with van der Waals surface area (Å²) in [7, 11) is 0. The van der Waals surface area contributed by atoms with Gasteiger partial charge in [0.1, 0.15) is 22.8 Å². The second kappa shape index (κ2) is 11.6. The first-order chi connectivity index (χ1) is 19.6. The number of rotatable bonds is 9. The molecule has 0 N–H and O–H groups in total. The lowest BCUT2D eigenvalue weighted by atomic mass is 9.94. The molecule has 0 spiro atoms. The van der Waals surface area contributed by atoms with Crippen LogP contribution in [0.2, 0.25) is 0 Å². The van der Waals surface area contributed by atoms with Crippen LogP contribution in [0.4, 0.5) is 0 Å². The highest BCUT2D eigenvalue weighted by Crippen LogP contribution is 2.46. The smallest absolute Gasteiger partial charge is 0.229 e. The Bertz CT molecular complexity index is 1570. The fourth-order valence-electron chi connectivity index (χ4n) is 5.77. The number of piperidine rings is 1. The number of fused-ring (bicyclic) bond motifs is 3. The van der Waals surface area contributed by atoms with Crippen molar-refractivity contribution in [2.45, 2.75) is 39.0 Å². The maximum Gasteiger partial charge on any atom is 0.229 e. The quantitative estimate of drug-likeness (QED) is 0.160. The summed E-state index contributed by atoms with van der Waals surface area (Å²) >= 11 is 0. The largest absolute Gasteiger partial charge is 0.494 e. The molecule has 0 bridgehead atoms. The van der Waals surface area contributed by atoms with E-state index in [0.717, 1.165) is 47.0 Å². The first-order valence-corrected chi connectivity index (χ1v) is 14.3. The maximum atomic E-state index is 14.0. The van der Waals surface area contributed by atoms with Crippen molar-refractivity contribution < 1.29 is 18.7 Å². The van der Waals surface area contributed by atoms with Crippen LogP contribution < -0.4 is 9.47 Å². The van der Waals surface area contributed by atoms with Gasteiger partial charge in [-0.2, -0.15) is 0 Å². The van der Waals surface area contributed by atoms with Crippen LogP contribution in [0.1, 0.15) is 60.7 Å². The number of unbranched alkanes of at least 4 members (excludes halogenated alkanes) is 1. The van der Waals surface area contributed by atoms with Gasteiger partial charge < -0.3 is 18.8 Å². The highest BCUT2D eigenvalue weighted by Gasteiger charge is 2.28. The third-order valence-electron chi connectivity index (χ3n) is 7.80. The summed E-state index contributed by atoms with van der Waals surface area (Å²) in [5, 5.41) is 0.779. The van der Waals surface area contributed by atoms with Crippen molar-refractivity contribution in [3.8, 4) is 22.6 Å². The van der Waals surface area contributed by atoms with Crippen molar-refractivity contribution in [1.29, 1.82) is 0 Å². The summed E-state index contributed by atoms with van der Waals surface area (Å²) in [6, 6.07) is 21.1. The molecule has 0 radical (unpaired) electrons. The summed E-state index contributed by atoms with van der Waals surface area (Å²) in [5.74, 6) is 2.02. The van der Waals surface area contributed by atoms with Crippen molar-refractivity contribution in [1.82, 2.24) is 4.90 Å². The van der Waals surface area contributed by atoms with Gasteiger partial charge in [0.25, 0.3) is 0 Å². The number of nitrogens with zero attached hydrogens (tertiary/aromatic N) is 1. The van der Waals surface area contributed by atoms with Crippen LogP contribution in [0.3, 0.4) is 0 Å². The molecule has 0 aliphatic carbocycles. The lowest BCUT2D eigenvalue weighted by molar-refractivity contribution is 0.101. The molecule has 0 saturated carbocycles. The van der Waals surface area contributed by atoms with E-state index in [4.69, 9.17) is 13.9 Å². The molecule has 5 heteroatoms. The van der Waals surface area contributed by atoms with Crippen molar-refractivity contribution in [2.24, 2.45) is 0 Å². The summed E-state index contributed by atoms with van der Waals surface area (Å²) in [5.41, 5.74) is 4.76. The molecule has 0 amide bonds. The summed E-state index contributed by atoms with van der Waals surface area (Å²) < 4.78 is 18.5. The van der Waals surface area contributed by atoms with Crippen LogP contribution >= 0.6 is 0 Å². The molecule has 0 unspecified atom stereocenters. The standard InChI is InChI=1S/C35H35NO4/c1-24-22-25(2)39-34-29(24)16-17-30-32(34)31(26-12-5-3-6-13-26)35(40-30)33(37)27-14-11-15-28(23-27)38-21-10-9-20-36-18-7-4-8-19-36/h3,5-6,11-17,22-23H,2,4,7-10,18-21H2,1H3. The van der Waals surface area contributed by atoms with Gasteiger partial charge in [-0.05, 0) is 93.7 Å². The molecule has 1 fully saturated rings. The molecule has 6 rings (SSSR count). The molecule has 1 aromatic heterocycles. The lowest BCUT2D eigenvalue weighted by Crippen LogP contribution is -2.30. The van der Waals surface area contributed by atoms with Crippen LogP contribution in [0.15, 0.2) is 89.6 Å². The Morgan fingerprint density at radius 1 is 0.975 bits per heavy atom. The first kappa shape index (κ1) is 26.1. The number of ketones is 1. The molecule has 0 atom stereocenters. The number of ether oxygens (including phenoxy) is 2. The van der Waals surface area contributed by atoms with Gasteiger partial charge in [-0.25, -0.2) is 0 Å². The third-order valence-corrected chi connectivity index (χ3v) is 7.80. The minimum Gasteiger partial charge on any atom is -0.494 e. The van der Waals surface area contributed by atoms with E-state index >= 15 is 0 Å². The molecule has 1 saturated heterocycles. The van der Waals surface area contributed by atoms with Crippen LogP contribution in [-0.4, -0.2) is 36.9 Å². The van der Waals surface area contributed by atoms with Crippen molar-refractivity contribution in [2.75, 3.05) is 26.2 Å². The molecular formula is C35H35NO4. The van der Waals surface area contributed by atoms with Crippen molar-refractivity contribution in [3.05, 3.63) is 102 Å². The molecule has 3 aromatic carbocycles. The number of hydrogen-bond donors (Lipinski definition) is 0. The minimum atomic E-state index is -0.193. The van der Waals surface area contributed by atoms with E-state index in [-0.39, 0.29) is 11.5 Å². The number of benzene rings is 3. The summed E-state index contributed by atoms with van der Waals surface area (Å²) in [4.78, 5) is 16.5. The van der Waals surface area contributed by atoms with E-state index in [9.17, 15) is 4.79 Å². The Morgan fingerprint density at radius 2 is 1.80 bits per heavy atom. The van der Waals surface area contributed by atoms with Crippen molar-refractivity contribution in [3.63, 3.8) is 0 Å². The van der Waals surface area contributed by atoms with E-state index in [1.807, 2.05) is 79.7 Å². The van der Waals surface area contributed by atoms with Crippen molar-refractivity contribution >= 4 is 22.3 Å². The normalized spacial score (nSPS) is 15.4. The zero-order valence-corrected chi connectivity index (χ0v) is 23.1. The second-order valence-electron chi connectivity index (χ2n) is 10.7. The molecule has 5 nitrogen and oxygen atoms in total. The minimum absolute atomic E-state index is 0.193. The third kappa shape index (κ3) is 5.34. The van der Waals surface area contributed by atoms with Crippen LogP contribution in [0.5, 0.6) is 11.5 Å². The van der Waals surface area contributed by atoms with E-state index < -0.39 is 0 Å². The highest BCUT2D eigenvalue weighted by molar-refractivity contribution is 6.17. The maximum absolute atomic E-state index is 14.0. The molecular weight excluding hydrogens is 498 g/mol. The SMILES string of the molecule is C=C1C=C(C)c2ccc3oc(C(=O)c4cccc(OCCCCN5CCCCC5)c4)c(-c4ccccc4)c3c2O1. The zero-order chi connectivity index (χ0) is 27.5. The first-order valence-electron chi connectivity index (χ1n) is 14.3. The number of carbonyl (C=O) groups excluding carboxylic acids is 1. The average Bonchev–Trinajstić information content (AvgIpc) is 3.38. The molecule has 2 aliphatic heterocycles. The number of likely N-dealkylation sites (tertiary alicyclic amines) is 1. The number of carbonyl (C=O) groups is 1. The molecule has 2 aliphatic rings. The van der Waals surface area contributed by atoms with Gasteiger partial charge in [0, 0.05) is 16.7 Å². The molecule has 204 valence electrons. The summed E-state index contributed by atoms with van der Waals surface area (Å²) in [6.07, 6.45) is 8.01. The number of hydrogen-bond acceptors (Lipinski definition) is 5. The van der Waals surface area contributed by atoms with E-state index in [2.05, 4.69) is 11.5 Å². The summed E-state index contributed by atoms with van der Waals surface area (Å²) in [6.45, 7) is 10.3. The second-order valence-corrected chi connectivity index (χ2v) is 10.7. The topological polar surface area (TPSA) is 51.9 Å². The van der Waals surface area contributed by atoms with Gasteiger partial charge in [-0.1, -0.05) is 55.5 Å². The van der Waals surface area contributed by atoms with Crippen LogP contribution in [0.25, 0.3) is 27.7 Å². The molecule has 4 aromatic rings. The lowest BCUT2D eigenvalue weighted by Gasteiger charge is -2.26. The monoisotopic (exact) mass is 533 g/mol. The van der Waals surface area contributed by atoms with Gasteiger partial charge in [-0.15, -0.1) is 0 Å². The Hall–Kier alpha value is -4.09. The fourth-order valence-corrected chi connectivity index (χ4v) is 5.77.